The summed E-state index contributed by atoms with van der Waals surface area (Å²) in [6.45, 7) is 0. The average molecular weight is 194 g/mol. The predicted octanol–water partition coefficient (Wildman–Crippen LogP) is 1.88. The molecule has 3 heteroatoms. The van der Waals surface area contributed by atoms with E-state index in [1.807, 2.05) is 24.3 Å². The molecular weight excluding hydrogens is 184 g/mol. The molecule has 1 aromatic rings. The lowest BCUT2D eigenvalue weighted by Gasteiger charge is -2.20. The maximum atomic E-state index is 11.4. The number of ether oxygens (including phenoxy) is 1. The van der Waals surface area contributed by atoms with E-state index in [1.165, 1.54) is 17.3 Å². The van der Waals surface area contributed by atoms with Crippen molar-refractivity contribution in [2.45, 2.75) is 17.4 Å². The van der Waals surface area contributed by atoms with Crippen LogP contribution >= 0.6 is 11.8 Å². The van der Waals surface area contributed by atoms with Gasteiger partial charge in [-0.1, -0.05) is 18.2 Å². The summed E-state index contributed by atoms with van der Waals surface area (Å²) < 4.78 is 5.09. The highest BCUT2D eigenvalue weighted by atomic mass is 32.2. The van der Waals surface area contributed by atoms with Gasteiger partial charge in [-0.05, 0) is 23.4 Å². The highest BCUT2D eigenvalue weighted by Crippen LogP contribution is 2.31. The molecule has 0 bridgehead atoms. The van der Waals surface area contributed by atoms with Gasteiger partial charge in [0.05, 0.1) is 0 Å². The van der Waals surface area contributed by atoms with E-state index in [0.717, 1.165) is 4.90 Å². The van der Waals surface area contributed by atoms with Crippen LogP contribution in [0.25, 0.3) is 0 Å². The minimum Gasteiger partial charge on any atom is -0.372 e. The molecule has 1 heterocycles. The lowest BCUT2D eigenvalue weighted by Crippen LogP contribution is -2.26. The van der Waals surface area contributed by atoms with E-state index in [9.17, 15) is 4.79 Å². The van der Waals surface area contributed by atoms with E-state index in [-0.39, 0.29) is 11.2 Å². The van der Waals surface area contributed by atoms with Gasteiger partial charge in [0.15, 0.2) is 0 Å². The third-order valence-electron chi connectivity index (χ3n) is 2.14. The van der Waals surface area contributed by atoms with Gasteiger partial charge >= 0.3 is 0 Å². The summed E-state index contributed by atoms with van der Waals surface area (Å²) in [4.78, 5) is 12.5. The maximum absolute atomic E-state index is 11.4. The van der Waals surface area contributed by atoms with Gasteiger partial charge in [-0.25, -0.2) is 0 Å². The van der Waals surface area contributed by atoms with Gasteiger partial charge in [0, 0.05) is 18.4 Å². The van der Waals surface area contributed by atoms with Crippen molar-refractivity contribution in [3.05, 3.63) is 29.8 Å². The number of fused-ring (bicyclic) bond motifs is 1. The molecule has 68 valence electrons. The van der Waals surface area contributed by atoms with Gasteiger partial charge in [-0.2, -0.15) is 0 Å². The van der Waals surface area contributed by atoms with Crippen molar-refractivity contribution in [3.8, 4) is 0 Å². The Morgan fingerprint density at radius 1 is 1.46 bits per heavy atom. The Labute approximate surface area is 81.3 Å². The molecule has 13 heavy (non-hydrogen) atoms. The van der Waals surface area contributed by atoms with Crippen LogP contribution in [0.3, 0.4) is 0 Å². The highest BCUT2D eigenvalue weighted by molar-refractivity contribution is 8.13. The molecule has 0 aliphatic carbocycles. The van der Waals surface area contributed by atoms with E-state index in [4.69, 9.17) is 4.74 Å². The van der Waals surface area contributed by atoms with Crippen molar-refractivity contribution in [1.82, 2.24) is 0 Å². The summed E-state index contributed by atoms with van der Waals surface area (Å²) in [6, 6.07) is 7.96. The van der Waals surface area contributed by atoms with Crippen LogP contribution in [0.15, 0.2) is 29.2 Å². The Kier molecular flexibility index (Phi) is 2.38. The average Bonchev–Trinajstić information content (AvgIpc) is 2.17. The standard InChI is InChI=1S/C10H10O2S/c1-12-8-6-7-4-2-3-5-9(7)13-10(8)11/h2-5,8H,6H2,1H3. The van der Waals surface area contributed by atoms with Crippen LogP contribution < -0.4 is 0 Å². The molecule has 0 N–H and O–H groups in total. The minimum atomic E-state index is -0.264. The number of hydrogen-bond acceptors (Lipinski definition) is 3. The lowest BCUT2D eigenvalue weighted by atomic mass is 10.1. The Balaban J connectivity index is 2.33. The monoisotopic (exact) mass is 194 g/mol. The van der Waals surface area contributed by atoms with E-state index in [2.05, 4.69) is 0 Å². The van der Waals surface area contributed by atoms with Gasteiger partial charge in [0.25, 0.3) is 0 Å². The molecule has 1 aromatic carbocycles. The summed E-state index contributed by atoms with van der Waals surface area (Å²) in [5, 5.41) is 0.112. The van der Waals surface area contributed by atoms with Crippen LogP contribution in [0.4, 0.5) is 0 Å². The second-order valence-corrected chi connectivity index (χ2v) is 4.00. The molecular formula is C10H10O2S. The summed E-state index contributed by atoms with van der Waals surface area (Å²) in [7, 11) is 1.58. The Hall–Kier alpha value is -0.800. The molecule has 0 spiro atoms. The van der Waals surface area contributed by atoms with Gasteiger partial charge < -0.3 is 4.74 Å². The third kappa shape index (κ3) is 1.62. The highest BCUT2D eigenvalue weighted by Gasteiger charge is 2.26. The van der Waals surface area contributed by atoms with Crippen molar-refractivity contribution in [2.24, 2.45) is 0 Å². The normalized spacial score (nSPS) is 21.3. The van der Waals surface area contributed by atoms with Crippen molar-refractivity contribution < 1.29 is 9.53 Å². The summed E-state index contributed by atoms with van der Waals surface area (Å²) >= 11 is 1.28. The van der Waals surface area contributed by atoms with Crippen molar-refractivity contribution in [3.63, 3.8) is 0 Å². The predicted molar refractivity (Wildman–Crippen MR) is 51.8 cm³/mol. The summed E-state index contributed by atoms with van der Waals surface area (Å²) in [5.41, 5.74) is 1.21. The van der Waals surface area contributed by atoms with Crippen LogP contribution in [0.1, 0.15) is 5.56 Å². The van der Waals surface area contributed by atoms with Crippen LogP contribution in [-0.4, -0.2) is 18.3 Å². The van der Waals surface area contributed by atoms with Crippen LogP contribution in [0.2, 0.25) is 0 Å². The van der Waals surface area contributed by atoms with E-state index < -0.39 is 0 Å². The van der Waals surface area contributed by atoms with Gasteiger partial charge in [-0.3, -0.25) is 4.79 Å². The first kappa shape index (κ1) is 8.78. The van der Waals surface area contributed by atoms with E-state index >= 15 is 0 Å². The second-order valence-electron chi connectivity index (χ2n) is 2.96. The molecule has 0 saturated heterocycles. The number of carbonyl (C=O) groups is 1. The SMILES string of the molecule is COC1Cc2ccccc2SC1=O. The topological polar surface area (TPSA) is 26.3 Å². The summed E-state index contributed by atoms with van der Waals surface area (Å²) in [6.07, 6.45) is 0.443. The Morgan fingerprint density at radius 3 is 3.00 bits per heavy atom. The zero-order chi connectivity index (χ0) is 9.26. The van der Waals surface area contributed by atoms with Gasteiger partial charge in [-0.15, -0.1) is 0 Å². The number of carbonyl (C=O) groups excluding carboxylic acids is 1. The summed E-state index contributed by atoms with van der Waals surface area (Å²) in [5.74, 6) is 0. The number of methoxy groups -OCH3 is 1. The molecule has 0 radical (unpaired) electrons. The van der Waals surface area contributed by atoms with E-state index in [0.29, 0.717) is 6.42 Å². The number of thioether (sulfide) groups is 1. The first-order chi connectivity index (χ1) is 6.31. The molecule has 0 aromatic heterocycles. The Morgan fingerprint density at radius 2 is 2.23 bits per heavy atom. The van der Waals surface area contributed by atoms with Gasteiger partial charge in [0.1, 0.15) is 6.10 Å². The second kappa shape index (κ2) is 3.52. The van der Waals surface area contributed by atoms with Gasteiger partial charge in [0.2, 0.25) is 5.12 Å². The van der Waals surface area contributed by atoms with Crippen molar-refractivity contribution in [1.29, 1.82) is 0 Å². The molecule has 0 amide bonds. The number of hydrogen-bond donors (Lipinski definition) is 0. The maximum Gasteiger partial charge on any atom is 0.222 e. The van der Waals surface area contributed by atoms with Crippen molar-refractivity contribution in [2.75, 3.05) is 7.11 Å². The quantitative estimate of drug-likeness (QED) is 0.682. The third-order valence-corrected chi connectivity index (χ3v) is 3.22. The zero-order valence-electron chi connectivity index (χ0n) is 7.32. The van der Waals surface area contributed by atoms with Crippen LogP contribution in [-0.2, 0) is 16.0 Å². The van der Waals surface area contributed by atoms with E-state index in [1.54, 1.807) is 7.11 Å². The molecule has 1 aliphatic rings. The largest absolute Gasteiger partial charge is 0.372 e. The Bertz CT molecular complexity index is 335. The first-order valence-corrected chi connectivity index (χ1v) is 4.95. The molecule has 1 aliphatic heterocycles. The molecule has 0 fully saturated rings. The minimum absolute atomic E-state index is 0.112. The number of benzene rings is 1. The van der Waals surface area contributed by atoms with Crippen molar-refractivity contribution >= 4 is 16.9 Å². The number of rotatable bonds is 1. The molecule has 1 atom stereocenters. The van der Waals surface area contributed by atoms with Crippen LogP contribution in [0, 0.1) is 0 Å². The molecule has 2 rings (SSSR count). The van der Waals surface area contributed by atoms with Crippen LogP contribution in [0.5, 0.6) is 0 Å². The molecule has 1 unspecified atom stereocenters. The molecule has 0 saturated carbocycles. The zero-order valence-corrected chi connectivity index (χ0v) is 8.14. The fraction of sp³-hybridized carbons (Fsp3) is 0.300. The lowest BCUT2D eigenvalue weighted by molar-refractivity contribution is -0.120. The fourth-order valence-corrected chi connectivity index (χ4v) is 2.37. The molecule has 2 nitrogen and oxygen atoms in total. The first-order valence-electron chi connectivity index (χ1n) is 4.13. The smallest absolute Gasteiger partial charge is 0.222 e. The fourth-order valence-electron chi connectivity index (χ4n) is 1.41.